The van der Waals surface area contributed by atoms with Crippen LogP contribution < -0.4 is 5.32 Å². The highest BCUT2D eigenvalue weighted by molar-refractivity contribution is 5.27. The molecule has 0 bridgehead atoms. The van der Waals surface area contributed by atoms with Crippen LogP contribution in [-0.4, -0.2) is 6.54 Å². The molecule has 1 aromatic carbocycles. The second kappa shape index (κ2) is 8.37. The molecule has 1 unspecified atom stereocenters. The average Bonchev–Trinajstić information content (AvgIpc) is 2.43. The molecule has 0 saturated heterocycles. The van der Waals surface area contributed by atoms with Crippen LogP contribution in [0.3, 0.4) is 0 Å². The number of hydrogen-bond acceptors (Lipinski definition) is 1. The minimum Gasteiger partial charge on any atom is -0.310 e. The summed E-state index contributed by atoms with van der Waals surface area (Å²) >= 11 is 0. The molecule has 0 amide bonds. The number of hydrogen-bond donors (Lipinski definition) is 1. The predicted molar refractivity (Wildman–Crippen MR) is 85.6 cm³/mol. The molecule has 108 valence electrons. The SMILES string of the molecule is CCCNC(c1ccc(C(C)C)cc1)C(CC)CC. The van der Waals surface area contributed by atoms with E-state index in [0.29, 0.717) is 12.0 Å². The molecule has 0 aliphatic rings. The Hall–Kier alpha value is -0.820. The maximum atomic E-state index is 3.74. The van der Waals surface area contributed by atoms with E-state index in [1.807, 2.05) is 0 Å². The molecule has 1 rings (SSSR count). The fourth-order valence-corrected chi connectivity index (χ4v) is 2.70. The van der Waals surface area contributed by atoms with E-state index in [1.165, 1.54) is 30.4 Å². The van der Waals surface area contributed by atoms with E-state index in [-0.39, 0.29) is 0 Å². The highest BCUT2D eigenvalue weighted by Crippen LogP contribution is 2.28. The van der Waals surface area contributed by atoms with Crippen LogP contribution in [0, 0.1) is 5.92 Å². The van der Waals surface area contributed by atoms with Crippen LogP contribution in [0.5, 0.6) is 0 Å². The minimum atomic E-state index is 0.510. The summed E-state index contributed by atoms with van der Waals surface area (Å²) in [4.78, 5) is 0. The lowest BCUT2D eigenvalue weighted by atomic mass is 9.87. The molecule has 1 nitrogen and oxygen atoms in total. The lowest BCUT2D eigenvalue weighted by molar-refractivity contribution is 0.341. The molecule has 1 N–H and O–H groups in total. The standard InChI is InChI=1S/C18H31N/c1-6-13-19-18(15(7-2)8-3)17-11-9-16(10-12-17)14(4)5/h9-12,14-15,18-19H,6-8,13H2,1-5H3. The first-order chi connectivity index (χ1) is 9.13. The Balaban J connectivity index is 2.89. The number of rotatable bonds is 8. The zero-order valence-electron chi connectivity index (χ0n) is 13.4. The third-order valence-electron chi connectivity index (χ3n) is 4.10. The first kappa shape index (κ1) is 16.2. The van der Waals surface area contributed by atoms with Crippen LogP contribution in [-0.2, 0) is 0 Å². The second-order valence-electron chi connectivity index (χ2n) is 5.83. The molecular weight excluding hydrogens is 230 g/mol. The highest BCUT2D eigenvalue weighted by Gasteiger charge is 2.19. The Kier molecular flexibility index (Phi) is 7.15. The smallest absolute Gasteiger partial charge is 0.0348 e. The van der Waals surface area contributed by atoms with Crippen molar-refractivity contribution >= 4 is 0 Å². The van der Waals surface area contributed by atoms with E-state index in [4.69, 9.17) is 0 Å². The number of nitrogens with one attached hydrogen (secondary N) is 1. The molecule has 0 radical (unpaired) electrons. The van der Waals surface area contributed by atoms with E-state index in [2.05, 4.69) is 64.2 Å². The van der Waals surface area contributed by atoms with Gasteiger partial charge in [0.25, 0.3) is 0 Å². The van der Waals surface area contributed by atoms with Crippen molar-refractivity contribution in [3.05, 3.63) is 35.4 Å². The zero-order chi connectivity index (χ0) is 14.3. The van der Waals surface area contributed by atoms with Crippen molar-refractivity contribution in [3.63, 3.8) is 0 Å². The average molecular weight is 261 g/mol. The summed E-state index contributed by atoms with van der Waals surface area (Å²) in [7, 11) is 0. The lowest BCUT2D eigenvalue weighted by Gasteiger charge is -2.27. The fourth-order valence-electron chi connectivity index (χ4n) is 2.70. The molecule has 1 heteroatoms. The summed E-state index contributed by atoms with van der Waals surface area (Å²) in [6.07, 6.45) is 3.67. The summed E-state index contributed by atoms with van der Waals surface area (Å²) in [6, 6.07) is 9.74. The van der Waals surface area contributed by atoms with Gasteiger partial charge < -0.3 is 5.32 Å². The van der Waals surface area contributed by atoms with Gasteiger partial charge in [0, 0.05) is 6.04 Å². The Morgan fingerprint density at radius 3 is 1.84 bits per heavy atom. The Morgan fingerprint density at radius 2 is 1.42 bits per heavy atom. The minimum absolute atomic E-state index is 0.510. The third-order valence-corrected chi connectivity index (χ3v) is 4.10. The monoisotopic (exact) mass is 261 g/mol. The summed E-state index contributed by atoms with van der Waals surface area (Å²) in [5, 5.41) is 3.74. The van der Waals surface area contributed by atoms with Crippen molar-refractivity contribution in [2.24, 2.45) is 5.92 Å². The summed E-state index contributed by atoms with van der Waals surface area (Å²) in [6.45, 7) is 12.5. The van der Waals surface area contributed by atoms with Gasteiger partial charge >= 0.3 is 0 Å². The zero-order valence-corrected chi connectivity index (χ0v) is 13.4. The van der Waals surface area contributed by atoms with Gasteiger partial charge in [0.05, 0.1) is 0 Å². The van der Waals surface area contributed by atoms with E-state index in [1.54, 1.807) is 0 Å². The normalized spacial score (nSPS) is 13.2. The van der Waals surface area contributed by atoms with Gasteiger partial charge in [-0.1, -0.05) is 71.7 Å². The maximum absolute atomic E-state index is 3.74. The molecule has 0 spiro atoms. The van der Waals surface area contributed by atoms with Crippen LogP contribution in [0.4, 0.5) is 0 Å². The van der Waals surface area contributed by atoms with Crippen LogP contribution in [0.2, 0.25) is 0 Å². The third kappa shape index (κ3) is 4.65. The molecule has 0 fully saturated rings. The summed E-state index contributed by atoms with van der Waals surface area (Å²) in [5.41, 5.74) is 2.88. The van der Waals surface area contributed by atoms with Crippen molar-refractivity contribution in [1.82, 2.24) is 5.32 Å². The summed E-state index contributed by atoms with van der Waals surface area (Å²) in [5.74, 6) is 1.35. The van der Waals surface area contributed by atoms with Gasteiger partial charge in [-0.2, -0.15) is 0 Å². The molecule has 19 heavy (non-hydrogen) atoms. The molecule has 0 aliphatic heterocycles. The highest BCUT2D eigenvalue weighted by atomic mass is 14.9. The van der Waals surface area contributed by atoms with Gasteiger partial charge in [-0.05, 0) is 35.9 Å². The molecule has 1 aromatic rings. The van der Waals surface area contributed by atoms with E-state index in [0.717, 1.165) is 12.5 Å². The Bertz CT molecular complexity index is 335. The Morgan fingerprint density at radius 1 is 0.895 bits per heavy atom. The molecule has 1 atom stereocenters. The topological polar surface area (TPSA) is 12.0 Å². The first-order valence-electron chi connectivity index (χ1n) is 7.97. The van der Waals surface area contributed by atoms with Gasteiger partial charge in [0.15, 0.2) is 0 Å². The van der Waals surface area contributed by atoms with Crippen LogP contribution in [0.1, 0.15) is 77.0 Å². The van der Waals surface area contributed by atoms with Crippen molar-refractivity contribution in [2.75, 3.05) is 6.54 Å². The van der Waals surface area contributed by atoms with Gasteiger partial charge in [-0.25, -0.2) is 0 Å². The summed E-state index contributed by atoms with van der Waals surface area (Å²) < 4.78 is 0. The molecular formula is C18H31N. The first-order valence-corrected chi connectivity index (χ1v) is 7.97. The van der Waals surface area contributed by atoms with Crippen molar-refractivity contribution in [2.45, 2.75) is 65.8 Å². The Labute approximate surface area is 119 Å². The molecule has 0 aliphatic carbocycles. The van der Waals surface area contributed by atoms with Gasteiger partial charge in [-0.3, -0.25) is 0 Å². The maximum Gasteiger partial charge on any atom is 0.0348 e. The van der Waals surface area contributed by atoms with Crippen LogP contribution >= 0.6 is 0 Å². The lowest BCUT2D eigenvalue weighted by Crippen LogP contribution is -2.28. The van der Waals surface area contributed by atoms with Crippen LogP contribution in [0.15, 0.2) is 24.3 Å². The van der Waals surface area contributed by atoms with Crippen molar-refractivity contribution in [3.8, 4) is 0 Å². The van der Waals surface area contributed by atoms with E-state index >= 15 is 0 Å². The number of benzene rings is 1. The molecule has 0 aromatic heterocycles. The van der Waals surface area contributed by atoms with E-state index < -0.39 is 0 Å². The quantitative estimate of drug-likeness (QED) is 0.670. The van der Waals surface area contributed by atoms with Crippen molar-refractivity contribution in [1.29, 1.82) is 0 Å². The largest absolute Gasteiger partial charge is 0.310 e. The second-order valence-corrected chi connectivity index (χ2v) is 5.83. The van der Waals surface area contributed by atoms with Crippen molar-refractivity contribution < 1.29 is 0 Å². The van der Waals surface area contributed by atoms with Gasteiger partial charge in [-0.15, -0.1) is 0 Å². The van der Waals surface area contributed by atoms with Crippen LogP contribution in [0.25, 0.3) is 0 Å². The molecule has 0 saturated carbocycles. The van der Waals surface area contributed by atoms with Gasteiger partial charge in [0.1, 0.15) is 0 Å². The predicted octanol–water partition coefficient (Wildman–Crippen LogP) is 5.29. The van der Waals surface area contributed by atoms with E-state index in [9.17, 15) is 0 Å². The fraction of sp³-hybridized carbons (Fsp3) is 0.667. The molecule has 0 heterocycles. The van der Waals surface area contributed by atoms with Gasteiger partial charge in [0.2, 0.25) is 0 Å².